The van der Waals surface area contributed by atoms with Crippen molar-refractivity contribution in [2.75, 3.05) is 13.6 Å². The van der Waals surface area contributed by atoms with Crippen molar-refractivity contribution in [2.45, 2.75) is 45.7 Å². The first-order valence-corrected chi connectivity index (χ1v) is 8.98. The number of aryl methyl sites for hydroxylation is 2. The van der Waals surface area contributed by atoms with Crippen LogP contribution in [0.1, 0.15) is 47.1 Å². The molecule has 1 aliphatic heterocycles. The molecule has 0 spiro atoms. The molecule has 0 radical (unpaired) electrons. The minimum atomic E-state index is -0.284. The van der Waals surface area contributed by atoms with Gasteiger partial charge in [0.25, 0.3) is 0 Å². The van der Waals surface area contributed by atoms with Crippen LogP contribution in [0.2, 0.25) is 0 Å². The predicted molar refractivity (Wildman–Crippen MR) is 98.1 cm³/mol. The van der Waals surface area contributed by atoms with Crippen LogP contribution in [0.4, 0.5) is 4.39 Å². The third-order valence-electron chi connectivity index (χ3n) is 4.99. The van der Waals surface area contributed by atoms with Crippen LogP contribution in [0.15, 0.2) is 24.4 Å². The van der Waals surface area contributed by atoms with Crippen molar-refractivity contribution in [1.82, 2.24) is 20.2 Å². The number of nitrogens with zero attached hydrogens (tertiary/aromatic N) is 3. The summed E-state index contributed by atoms with van der Waals surface area (Å²) in [4.78, 5) is 23.6. The smallest absolute Gasteiger partial charge is 0.224 e. The third kappa shape index (κ3) is 4.25. The molecule has 1 amide bonds. The third-order valence-corrected chi connectivity index (χ3v) is 4.99. The van der Waals surface area contributed by atoms with Crippen LogP contribution in [0.5, 0.6) is 0 Å². The van der Waals surface area contributed by atoms with Gasteiger partial charge in [-0.1, -0.05) is 6.07 Å². The fraction of sp³-hybridized carbons (Fsp3) is 0.450. The van der Waals surface area contributed by atoms with E-state index >= 15 is 0 Å². The van der Waals surface area contributed by atoms with Crippen molar-refractivity contribution in [1.29, 1.82) is 0 Å². The largest absolute Gasteiger partial charge is 0.352 e. The Balaban J connectivity index is 1.68. The van der Waals surface area contributed by atoms with Crippen molar-refractivity contribution in [3.63, 3.8) is 0 Å². The number of amides is 1. The highest BCUT2D eigenvalue weighted by molar-refractivity contribution is 5.78. The van der Waals surface area contributed by atoms with E-state index in [9.17, 15) is 9.18 Å². The Labute approximate surface area is 153 Å². The summed E-state index contributed by atoms with van der Waals surface area (Å²) in [5, 5.41) is 2.96. The molecule has 5 nitrogen and oxygen atoms in total. The Kier molecular flexibility index (Phi) is 5.61. The fourth-order valence-corrected chi connectivity index (χ4v) is 3.48. The fourth-order valence-electron chi connectivity index (χ4n) is 3.48. The molecule has 1 atom stereocenters. The Morgan fingerprint density at radius 1 is 1.35 bits per heavy atom. The Hall–Kier alpha value is -2.34. The average molecular weight is 356 g/mol. The Morgan fingerprint density at radius 3 is 2.85 bits per heavy atom. The molecule has 1 fully saturated rings. The molecule has 3 rings (SSSR count). The molecule has 138 valence electrons. The molecule has 1 N–H and O–H groups in total. The monoisotopic (exact) mass is 356 g/mol. The van der Waals surface area contributed by atoms with Crippen molar-refractivity contribution in [2.24, 2.45) is 0 Å². The van der Waals surface area contributed by atoms with Gasteiger partial charge in [0, 0.05) is 18.3 Å². The highest BCUT2D eigenvalue weighted by Crippen LogP contribution is 2.31. The van der Waals surface area contributed by atoms with Crippen LogP contribution >= 0.6 is 0 Å². The molecule has 26 heavy (non-hydrogen) atoms. The van der Waals surface area contributed by atoms with E-state index in [0.717, 1.165) is 47.6 Å². The minimum absolute atomic E-state index is 0.0917. The van der Waals surface area contributed by atoms with Crippen LogP contribution in [-0.2, 0) is 17.8 Å². The molecule has 1 unspecified atom stereocenters. The number of carbonyl (C=O) groups excluding carboxylic acids is 1. The van der Waals surface area contributed by atoms with E-state index in [1.54, 1.807) is 6.07 Å². The number of benzene rings is 1. The van der Waals surface area contributed by atoms with Gasteiger partial charge in [-0.15, -0.1) is 0 Å². The summed E-state index contributed by atoms with van der Waals surface area (Å²) in [7, 11) is 2.11. The summed E-state index contributed by atoms with van der Waals surface area (Å²) in [6.07, 6.45) is 4.27. The molecule has 1 aromatic heterocycles. The molecule has 0 aliphatic carbocycles. The summed E-state index contributed by atoms with van der Waals surface area (Å²) in [6.45, 7) is 5.16. The van der Waals surface area contributed by atoms with E-state index in [1.165, 1.54) is 12.1 Å². The lowest BCUT2D eigenvalue weighted by atomic mass is 10.0. The number of likely N-dealkylation sites (tertiary alicyclic amines) is 1. The van der Waals surface area contributed by atoms with E-state index in [1.807, 2.05) is 20.0 Å². The predicted octanol–water partition coefficient (Wildman–Crippen LogP) is 2.86. The van der Waals surface area contributed by atoms with E-state index in [0.29, 0.717) is 6.54 Å². The van der Waals surface area contributed by atoms with Crippen molar-refractivity contribution < 1.29 is 9.18 Å². The molecule has 2 heterocycles. The normalized spacial score (nSPS) is 17.5. The molecule has 0 bridgehead atoms. The molecular weight excluding hydrogens is 331 g/mol. The zero-order chi connectivity index (χ0) is 18.7. The maximum Gasteiger partial charge on any atom is 0.224 e. The molecule has 1 saturated heterocycles. The molecular formula is C20H25FN4O. The highest BCUT2D eigenvalue weighted by atomic mass is 19.1. The maximum atomic E-state index is 13.2. The lowest BCUT2D eigenvalue weighted by Crippen LogP contribution is -2.27. The van der Waals surface area contributed by atoms with Gasteiger partial charge in [-0.25, -0.2) is 14.4 Å². The van der Waals surface area contributed by atoms with E-state index in [2.05, 4.69) is 27.2 Å². The van der Waals surface area contributed by atoms with Gasteiger partial charge in [0.15, 0.2) is 0 Å². The van der Waals surface area contributed by atoms with Crippen LogP contribution in [0.25, 0.3) is 0 Å². The first-order valence-electron chi connectivity index (χ1n) is 8.98. The minimum Gasteiger partial charge on any atom is -0.352 e. The first kappa shape index (κ1) is 18.5. The quantitative estimate of drug-likeness (QED) is 0.895. The second kappa shape index (κ2) is 7.91. The van der Waals surface area contributed by atoms with Crippen LogP contribution in [0.3, 0.4) is 0 Å². The van der Waals surface area contributed by atoms with Gasteiger partial charge in [0.2, 0.25) is 5.91 Å². The van der Waals surface area contributed by atoms with Crippen LogP contribution in [0, 0.1) is 19.7 Å². The Bertz CT molecular complexity index is 808. The SMILES string of the molecule is Cc1ncc(CNC(=O)Cc2ccc(F)cc2C)c(C2CCCN2C)n1. The van der Waals surface area contributed by atoms with Crippen molar-refractivity contribution in [3.8, 4) is 0 Å². The van der Waals surface area contributed by atoms with Gasteiger partial charge < -0.3 is 5.32 Å². The van der Waals surface area contributed by atoms with Crippen LogP contribution in [-0.4, -0.2) is 34.4 Å². The number of aromatic nitrogens is 2. The molecule has 1 aliphatic rings. The second-order valence-corrected chi connectivity index (χ2v) is 6.99. The standard InChI is InChI=1S/C20H25FN4O/c1-13-9-17(21)7-6-15(13)10-19(26)23-12-16-11-22-14(2)24-20(16)18-5-4-8-25(18)3/h6-7,9,11,18H,4-5,8,10,12H2,1-3H3,(H,23,26). The van der Waals surface area contributed by atoms with E-state index in [4.69, 9.17) is 0 Å². The summed E-state index contributed by atoms with van der Waals surface area (Å²) >= 11 is 0. The second-order valence-electron chi connectivity index (χ2n) is 6.99. The average Bonchev–Trinajstić information content (AvgIpc) is 3.02. The number of nitrogens with one attached hydrogen (secondary N) is 1. The van der Waals surface area contributed by atoms with Gasteiger partial charge >= 0.3 is 0 Å². The molecule has 6 heteroatoms. The Morgan fingerprint density at radius 2 is 2.15 bits per heavy atom. The van der Waals surface area contributed by atoms with Crippen LogP contribution < -0.4 is 5.32 Å². The molecule has 1 aromatic carbocycles. The summed E-state index contributed by atoms with van der Waals surface area (Å²) in [5.41, 5.74) is 3.58. The number of halogens is 1. The highest BCUT2D eigenvalue weighted by Gasteiger charge is 2.26. The first-order chi connectivity index (χ1) is 12.4. The topological polar surface area (TPSA) is 58.1 Å². The number of rotatable bonds is 5. The number of hydrogen-bond acceptors (Lipinski definition) is 4. The molecule has 2 aromatic rings. The van der Waals surface area contributed by atoms with E-state index < -0.39 is 0 Å². The van der Waals surface area contributed by atoms with Gasteiger partial charge in [-0.3, -0.25) is 9.69 Å². The number of carbonyl (C=O) groups is 1. The maximum absolute atomic E-state index is 13.2. The van der Waals surface area contributed by atoms with Gasteiger partial charge in [-0.05, 0) is 63.5 Å². The molecule has 0 saturated carbocycles. The summed E-state index contributed by atoms with van der Waals surface area (Å²) in [6, 6.07) is 4.78. The van der Waals surface area contributed by atoms with Gasteiger partial charge in [0.05, 0.1) is 18.2 Å². The number of hydrogen-bond donors (Lipinski definition) is 1. The zero-order valence-electron chi connectivity index (χ0n) is 15.6. The summed E-state index contributed by atoms with van der Waals surface area (Å²) < 4.78 is 13.2. The van der Waals surface area contributed by atoms with Crippen molar-refractivity contribution >= 4 is 5.91 Å². The lowest BCUT2D eigenvalue weighted by molar-refractivity contribution is -0.120. The zero-order valence-corrected chi connectivity index (χ0v) is 15.6. The van der Waals surface area contributed by atoms with Crippen molar-refractivity contribution in [3.05, 3.63) is 58.4 Å². The van der Waals surface area contributed by atoms with Gasteiger partial charge in [-0.2, -0.15) is 0 Å². The summed E-state index contributed by atoms with van der Waals surface area (Å²) in [5.74, 6) is 0.372. The van der Waals surface area contributed by atoms with E-state index in [-0.39, 0.29) is 24.2 Å². The van der Waals surface area contributed by atoms with Gasteiger partial charge in [0.1, 0.15) is 11.6 Å². The lowest BCUT2D eigenvalue weighted by Gasteiger charge is -2.21.